The fraction of sp³-hybridized carbons (Fsp3) is 0.300. The Labute approximate surface area is 153 Å². The maximum absolute atomic E-state index is 12.6. The Balaban J connectivity index is 2.04. The van der Waals surface area contributed by atoms with E-state index in [-0.39, 0.29) is 11.8 Å². The molecule has 0 aliphatic rings. The molecule has 0 fully saturated rings. The van der Waals surface area contributed by atoms with Gasteiger partial charge >= 0.3 is 0 Å². The molecule has 0 aromatic heterocycles. The predicted octanol–water partition coefficient (Wildman–Crippen LogP) is 4.24. The van der Waals surface area contributed by atoms with Gasteiger partial charge in [0.15, 0.2) is 0 Å². The van der Waals surface area contributed by atoms with Gasteiger partial charge in [-0.3, -0.25) is 9.59 Å². The second-order valence-corrected chi connectivity index (χ2v) is 7.15. The van der Waals surface area contributed by atoms with Crippen LogP contribution in [0.1, 0.15) is 30.5 Å². The van der Waals surface area contributed by atoms with Crippen molar-refractivity contribution in [3.8, 4) is 0 Å². The van der Waals surface area contributed by atoms with Crippen LogP contribution in [0.4, 0.5) is 5.69 Å². The van der Waals surface area contributed by atoms with E-state index < -0.39 is 5.41 Å². The van der Waals surface area contributed by atoms with Crippen molar-refractivity contribution in [2.24, 2.45) is 5.41 Å². The van der Waals surface area contributed by atoms with Crippen LogP contribution in [0.15, 0.2) is 42.5 Å². The highest BCUT2D eigenvalue weighted by Gasteiger charge is 2.36. The van der Waals surface area contributed by atoms with Crippen LogP contribution in [0.5, 0.6) is 0 Å². The van der Waals surface area contributed by atoms with Crippen molar-refractivity contribution >= 4 is 29.1 Å². The van der Waals surface area contributed by atoms with Gasteiger partial charge in [-0.2, -0.15) is 0 Å². The molecule has 2 aromatic carbocycles. The molecule has 0 spiro atoms. The standard InChI is InChI=1S/C20H23ClN2O2/c1-13-6-5-7-15(10-13)12-22-18(24)20(3,4)19(25)23-17-11-16(21)9-8-14(17)2/h5-11H,12H2,1-4H3,(H,22,24)(H,23,25). The summed E-state index contributed by atoms with van der Waals surface area (Å²) in [6, 6.07) is 13.1. The lowest BCUT2D eigenvalue weighted by Crippen LogP contribution is -2.45. The van der Waals surface area contributed by atoms with Crippen molar-refractivity contribution in [3.63, 3.8) is 0 Å². The minimum absolute atomic E-state index is 0.328. The highest BCUT2D eigenvalue weighted by Crippen LogP contribution is 2.24. The number of hydrogen-bond donors (Lipinski definition) is 2. The maximum atomic E-state index is 12.6. The van der Waals surface area contributed by atoms with Crippen LogP contribution in [0.2, 0.25) is 5.02 Å². The Morgan fingerprint density at radius 3 is 2.44 bits per heavy atom. The molecular weight excluding hydrogens is 336 g/mol. The number of nitrogens with one attached hydrogen (secondary N) is 2. The summed E-state index contributed by atoms with van der Waals surface area (Å²) in [5, 5.41) is 6.16. The van der Waals surface area contributed by atoms with E-state index in [4.69, 9.17) is 11.6 Å². The van der Waals surface area contributed by atoms with E-state index >= 15 is 0 Å². The fourth-order valence-corrected chi connectivity index (χ4v) is 2.51. The summed E-state index contributed by atoms with van der Waals surface area (Å²) in [6.45, 7) is 7.46. The fourth-order valence-electron chi connectivity index (χ4n) is 2.34. The van der Waals surface area contributed by atoms with E-state index in [1.165, 1.54) is 0 Å². The quantitative estimate of drug-likeness (QED) is 0.785. The number of amides is 2. The molecule has 0 saturated heterocycles. The van der Waals surface area contributed by atoms with Gasteiger partial charge in [-0.1, -0.05) is 47.5 Å². The number of anilines is 1. The van der Waals surface area contributed by atoms with E-state index in [0.717, 1.165) is 16.7 Å². The molecule has 2 aromatic rings. The Morgan fingerprint density at radius 1 is 1.04 bits per heavy atom. The van der Waals surface area contributed by atoms with Gasteiger partial charge in [0.05, 0.1) is 0 Å². The van der Waals surface area contributed by atoms with Crippen molar-refractivity contribution in [1.29, 1.82) is 0 Å². The molecule has 2 amide bonds. The van der Waals surface area contributed by atoms with Crippen LogP contribution in [0, 0.1) is 19.3 Å². The average Bonchev–Trinajstić information content (AvgIpc) is 2.55. The first kappa shape index (κ1) is 19.0. The van der Waals surface area contributed by atoms with E-state index in [0.29, 0.717) is 17.3 Å². The molecular formula is C20H23ClN2O2. The number of halogens is 1. The summed E-state index contributed by atoms with van der Waals surface area (Å²) in [4.78, 5) is 25.1. The molecule has 0 bridgehead atoms. The molecule has 0 atom stereocenters. The molecule has 0 unspecified atom stereocenters. The average molecular weight is 359 g/mol. The van der Waals surface area contributed by atoms with Crippen LogP contribution in [-0.2, 0) is 16.1 Å². The van der Waals surface area contributed by atoms with E-state index in [1.54, 1.807) is 26.0 Å². The number of hydrogen-bond acceptors (Lipinski definition) is 2. The summed E-state index contributed by atoms with van der Waals surface area (Å²) in [7, 11) is 0. The molecule has 4 nitrogen and oxygen atoms in total. The van der Waals surface area contributed by atoms with Crippen molar-refractivity contribution in [2.45, 2.75) is 34.2 Å². The Kier molecular flexibility index (Phi) is 5.85. The van der Waals surface area contributed by atoms with Gasteiger partial charge in [-0.05, 0) is 51.0 Å². The Hall–Kier alpha value is -2.33. The lowest BCUT2D eigenvalue weighted by Gasteiger charge is -2.23. The summed E-state index contributed by atoms with van der Waals surface area (Å²) >= 11 is 5.98. The first-order chi connectivity index (χ1) is 11.7. The highest BCUT2D eigenvalue weighted by molar-refractivity contribution is 6.31. The van der Waals surface area contributed by atoms with Gasteiger partial charge in [-0.25, -0.2) is 0 Å². The topological polar surface area (TPSA) is 58.2 Å². The van der Waals surface area contributed by atoms with Crippen LogP contribution >= 0.6 is 11.6 Å². The third-order valence-corrected chi connectivity index (χ3v) is 4.35. The second-order valence-electron chi connectivity index (χ2n) is 6.71. The van der Waals surface area contributed by atoms with Gasteiger partial charge in [0.1, 0.15) is 5.41 Å². The van der Waals surface area contributed by atoms with Crippen molar-refractivity contribution in [3.05, 3.63) is 64.2 Å². The largest absolute Gasteiger partial charge is 0.351 e. The molecule has 0 aliphatic heterocycles. The molecule has 5 heteroatoms. The maximum Gasteiger partial charge on any atom is 0.239 e. The third-order valence-electron chi connectivity index (χ3n) is 4.12. The van der Waals surface area contributed by atoms with E-state index in [2.05, 4.69) is 10.6 Å². The van der Waals surface area contributed by atoms with Crippen LogP contribution in [-0.4, -0.2) is 11.8 Å². The Bertz CT molecular complexity index is 800. The van der Waals surface area contributed by atoms with Gasteiger partial charge in [0.25, 0.3) is 0 Å². The van der Waals surface area contributed by atoms with Gasteiger partial charge in [0.2, 0.25) is 11.8 Å². The monoisotopic (exact) mass is 358 g/mol. The molecule has 2 N–H and O–H groups in total. The number of carbonyl (C=O) groups is 2. The predicted molar refractivity (Wildman–Crippen MR) is 102 cm³/mol. The zero-order valence-corrected chi connectivity index (χ0v) is 15.7. The van der Waals surface area contributed by atoms with Gasteiger partial charge in [0, 0.05) is 17.3 Å². The molecule has 0 saturated carbocycles. The zero-order valence-electron chi connectivity index (χ0n) is 14.9. The van der Waals surface area contributed by atoms with E-state index in [1.807, 2.05) is 44.2 Å². The minimum atomic E-state index is -1.21. The molecule has 0 heterocycles. The second kappa shape index (κ2) is 7.70. The molecule has 2 rings (SSSR count). The molecule has 25 heavy (non-hydrogen) atoms. The first-order valence-electron chi connectivity index (χ1n) is 8.11. The van der Waals surface area contributed by atoms with Crippen LogP contribution in [0.3, 0.4) is 0 Å². The smallest absolute Gasteiger partial charge is 0.239 e. The number of carbonyl (C=O) groups excluding carboxylic acids is 2. The SMILES string of the molecule is Cc1cccc(CNC(=O)C(C)(C)C(=O)Nc2cc(Cl)ccc2C)c1. The normalized spacial score (nSPS) is 11.1. The summed E-state index contributed by atoms with van der Waals surface area (Å²) in [5.41, 5.74) is 2.40. The van der Waals surface area contributed by atoms with Crippen molar-refractivity contribution in [2.75, 3.05) is 5.32 Å². The summed E-state index contributed by atoms with van der Waals surface area (Å²) in [5.74, 6) is -0.703. The summed E-state index contributed by atoms with van der Waals surface area (Å²) in [6.07, 6.45) is 0. The first-order valence-corrected chi connectivity index (χ1v) is 8.49. The number of rotatable bonds is 5. The molecule has 0 aliphatic carbocycles. The van der Waals surface area contributed by atoms with Gasteiger partial charge < -0.3 is 10.6 Å². The lowest BCUT2D eigenvalue weighted by molar-refractivity contribution is -0.138. The number of benzene rings is 2. The molecule has 132 valence electrons. The van der Waals surface area contributed by atoms with Crippen molar-refractivity contribution in [1.82, 2.24) is 5.32 Å². The van der Waals surface area contributed by atoms with Crippen LogP contribution < -0.4 is 10.6 Å². The summed E-state index contributed by atoms with van der Waals surface area (Å²) < 4.78 is 0. The third kappa shape index (κ3) is 4.83. The lowest BCUT2D eigenvalue weighted by atomic mass is 9.90. The zero-order chi connectivity index (χ0) is 18.6. The Morgan fingerprint density at radius 2 is 1.76 bits per heavy atom. The number of aryl methyl sites for hydroxylation is 2. The van der Waals surface area contributed by atoms with Gasteiger partial charge in [-0.15, -0.1) is 0 Å². The van der Waals surface area contributed by atoms with Crippen molar-refractivity contribution < 1.29 is 9.59 Å². The minimum Gasteiger partial charge on any atom is -0.351 e. The molecule has 0 radical (unpaired) electrons. The van der Waals surface area contributed by atoms with Crippen LogP contribution in [0.25, 0.3) is 0 Å². The van der Waals surface area contributed by atoms with E-state index in [9.17, 15) is 9.59 Å². The highest BCUT2D eigenvalue weighted by atomic mass is 35.5.